The van der Waals surface area contributed by atoms with Crippen LogP contribution in [0.2, 0.25) is 0 Å². The summed E-state index contributed by atoms with van der Waals surface area (Å²) in [5.74, 6) is -1.16. The highest BCUT2D eigenvalue weighted by atomic mass is 32.2. The quantitative estimate of drug-likeness (QED) is 0.308. The average Bonchev–Trinajstić information content (AvgIpc) is 3.70. The van der Waals surface area contributed by atoms with Crippen LogP contribution in [-0.4, -0.2) is 77.1 Å². The SMILES string of the molecule is Cc1ccc(S(=O)(=O)OC2CC3C4=NC5(CC5C=CCCC5CC5C(NC(=O)c5ccn(C)n5)C(=O)N3C2)C(=O)O4)cc1. The van der Waals surface area contributed by atoms with Gasteiger partial charge in [0.1, 0.15) is 17.8 Å². The molecule has 12 nitrogen and oxygen atoms in total. The lowest BCUT2D eigenvalue weighted by atomic mass is 10.0. The van der Waals surface area contributed by atoms with Gasteiger partial charge in [0, 0.05) is 32.1 Å². The highest BCUT2D eigenvalue weighted by Crippen LogP contribution is 2.53. The van der Waals surface area contributed by atoms with Crippen LogP contribution in [-0.2, 0) is 35.7 Å². The maximum atomic E-state index is 14.3. The van der Waals surface area contributed by atoms with Crippen LogP contribution in [0.1, 0.15) is 48.2 Å². The van der Waals surface area contributed by atoms with Crippen molar-refractivity contribution in [2.45, 2.75) is 67.6 Å². The van der Waals surface area contributed by atoms with Gasteiger partial charge >= 0.3 is 5.97 Å². The maximum absolute atomic E-state index is 14.3. The normalized spacial score (nSPS) is 33.1. The Bertz CT molecular complexity index is 1670. The van der Waals surface area contributed by atoms with Gasteiger partial charge in [-0.15, -0.1) is 0 Å². The Kier molecular flexibility index (Phi) is 6.58. The Morgan fingerprint density at radius 2 is 1.95 bits per heavy atom. The summed E-state index contributed by atoms with van der Waals surface area (Å²) in [6.45, 7) is 1.78. The summed E-state index contributed by atoms with van der Waals surface area (Å²) in [4.78, 5) is 46.7. The predicted molar refractivity (Wildman–Crippen MR) is 152 cm³/mol. The van der Waals surface area contributed by atoms with E-state index in [0.29, 0.717) is 6.42 Å². The third-order valence-corrected chi connectivity index (χ3v) is 10.6. The fourth-order valence-electron chi connectivity index (χ4n) is 6.61. The van der Waals surface area contributed by atoms with Gasteiger partial charge in [-0.25, -0.2) is 9.79 Å². The number of allylic oxidation sites excluding steroid dienone is 1. The number of nitrogens with zero attached hydrogens (tertiary/aromatic N) is 4. The molecule has 13 heteroatoms. The number of aryl methyl sites for hydroxylation is 2. The number of amides is 2. The second-order valence-corrected chi connectivity index (χ2v) is 13.9. The predicted octanol–water partition coefficient (Wildman–Crippen LogP) is 1.90. The van der Waals surface area contributed by atoms with Crippen LogP contribution in [0.3, 0.4) is 0 Å². The molecule has 43 heavy (non-hydrogen) atoms. The van der Waals surface area contributed by atoms with Crippen LogP contribution < -0.4 is 5.32 Å². The third kappa shape index (κ3) is 5.07. The fraction of sp³-hybridized carbons (Fsp3) is 0.500. The average molecular weight is 608 g/mol. The van der Waals surface area contributed by atoms with Crippen LogP contribution in [0.4, 0.5) is 0 Å². The minimum Gasteiger partial charge on any atom is -0.408 e. The molecular weight excluding hydrogens is 574 g/mol. The summed E-state index contributed by atoms with van der Waals surface area (Å²) in [5, 5.41) is 7.09. The van der Waals surface area contributed by atoms with Crippen LogP contribution in [0, 0.1) is 24.7 Å². The molecule has 5 aliphatic rings. The molecule has 3 aliphatic heterocycles. The van der Waals surface area contributed by atoms with Gasteiger partial charge in [0.2, 0.25) is 11.8 Å². The number of carbonyl (C=O) groups is 3. The molecule has 2 aromatic rings. The number of hydrogen-bond acceptors (Lipinski definition) is 9. The Morgan fingerprint density at radius 1 is 1.16 bits per heavy atom. The standard InChI is InChI=1S/C30H33N5O7S/c1-17-7-9-21(10-8-17)43(39,40)42-20-14-24-27-32-30(29(38)41-27)15-19(30)6-4-3-5-18-13-22(18)25(28(37)35(24)16-20)31-26(36)23-11-12-34(2)33-23/h4,6-12,18-20,22,24-25H,3,5,13-16H2,1-2H3,(H,31,36). The van der Waals surface area contributed by atoms with Gasteiger partial charge in [0.25, 0.3) is 16.0 Å². The molecule has 1 aromatic carbocycles. The van der Waals surface area contributed by atoms with Crippen molar-refractivity contribution < 1.29 is 31.7 Å². The van der Waals surface area contributed by atoms with Gasteiger partial charge in [-0.2, -0.15) is 13.5 Å². The molecule has 1 saturated heterocycles. The highest BCUT2D eigenvalue weighted by molar-refractivity contribution is 7.86. The largest absolute Gasteiger partial charge is 0.408 e. The lowest BCUT2D eigenvalue weighted by Gasteiger charge is -2.28. The van der Waals surface area contributed by atoms with Gasteiger partial charge < -0.3 is 15.0 Å². The summed E-state index contributed by atoms with van der Waals surface area (Å²) < 4.78 is 39.2. The monoisotopic (exact) mass is 607 g/mol. The topological polar surface area (TPSA) is 149 Å². The minimum absolute atomic E-state index is 0.00957. The number of fused-ring (bicyclic) bond motifs is 3. The number of aliphatic imine (C=N–C) groups is 1. The second kappa shape index (κ2) is 10.1. The lowest BCUT2D eigenvalue weighted by Crippen LogP contribution is -2.53. The van der Waals surface area contributed by atoms with Crippen molar-refractivity contribution in [3.8, 4) is 0 Å². The van der Waals surface area contributed by atoms with E-state index in [1.54, 1.807) is 31.4 Å². The van der Waals surface area contributed by atoms with Gasteiger partial charge in [0.05, 0.1) is 11.0 Å². The number of rotatable bonds is 5. The van der Waals surface area contributed by atoms with E-state index in [1.165, 1.54) is 21.7 Å². The van der Waals surface area contributed by atoms with Crippen LogP contribution in [0.5, 0.6) is 0 Å². The first-order valence-corrected chi connectivity index (χ1v) is 16.0. The van der Waals surface area contributed by atoms with Crippen LogP contribution in [0.25, 0.3) is 0 Å². The van der Waals surface area contributed by atoms with Crippen molar-refractivity contribution in [1.82, 2.24) is 20.0 Å². The molecule has 1 spiro atoms. The Morgan fingerprint density at radius 3 is 2.70 bits per heavy atom. The number of esters is 1. The summed E-state index contributed by atoms with van der Waals surface area (Å²) in [6.07, 6.45) is 7.82. The van der Waals surface area contributed by atoms with Gasteiger partial charge in [-0.3, -0.25) is 18.5 Å². The van der Waals surface area contributed by atoms with Crippen molar-refractivity contribution in [3.05, 3.63) is 59.9 Å². The van der Waals surface area contributed by atoms with Gasteiger partial charge in [-0.05, 0) is 62.6 Å². The third-order valence-electron chi connectivity index (χ3n) is 9.22. The summed E-state index contributed by atoms with van der Waals surface area (Å²) in [5.41, 5.74) is 0.0989. The summed E-state index contributed by atoms with van der Waals surface area (Å²) in [7, 11) is -2.44. The van der Waals surface area contributed by atoms with Crippen LogP contribution in [0.15, 0.2) is 58.6 Å². The molecule has 2 aliphatic carbocycles. The highest BCUT2D eigenvalue weighted by Gasteiger charge is 2.65. The molecule has 4 heterocycles. The molecule has 2 amide bonds. The number of carbonyl (C=O) groups excluding carboxylic acids is 3. The Balaban J connectivity index is 1.21. The van der Waals surface area contributed by atoms with E-state index in [9.17, 15) is 22.8 Å². The van der Waals surface area contributed by atoms with Gasteiger partial charge in [-0.1, -0.05) is 29.8 Å². The molecule has 7 atom stereocenters. The minimum atomic E-state index is -4.15. The summed E-state index contributed by atoms with van der Waals surface area (Å²) >= 11 is 0. The number of benzene rings is 1. The van der Waals surface area contributed by atoms with Crippen molar-refractivity contribution >= 4 is 33.8 Å². The molecule has 7 unspecified atom stereocenters. The Hall–Kier alpha value is -3.84. The van der Waals surface area contributed by atoms with Crippen molar-refractivity contribution in [1.29, 1.82) is 0 Å². The van der Waals surface area contributed by atoms with Crippen LogP contribution >= 0.6 is 0 Å². The summed E-state index contributed by atoms with van der Waals surface area (Å²) in [6, 6.07) is 6.20. The molecule has 2 saturated carbocycles. The molecule has 226 valence electrons. The number of hydrogen-bond donors (Lipinski definition) is 1. The first-order valence-electron chi connectivity index (χ1n) is 14.6. The van der Waals surface area contributed by atoms with E-state index in [2.05, 4.69) is 16.5 Å². The fourth-order valence-corrected chi connectivity index (χ4v) is 7.68. The smallest absolute Gasteiger partial charge is 0.341 e. The zero-order valence-electron chi connectivity index (χ0n) is 23.9. The zero-order chi connectivity index (χ0) is 30.1. The number of nitrogens with one attached hydrogen (secondary N) is 1. The van der Waals surface area contributed by atoms with Crippen molar-refractivity contribution in [2.75, 3.05) is 6.54 Å². The van der Waals surface area contributed by atoms with E-state index in [0.717, 1.165) is 24.8 Å². The molecule has 2 bridgehead atoms. The van der Waals surface area contributed by atoms with Crippen molar-refractivity contribution in [3.63, 3.8) is 0 Å². The zero-order valence-corrected chi connectivity index (χ0v) is 24.7. The maximum Gasteiger partial charge on any atom is 0.341 e. The van der Waals surface area contributed by atoms with Gasteiger partial charge in [0.15, 0.2) is 5.54 Å². The van der Waals surface area contributed by atoms with E-state index >= 15 is 0 Å². The first kappa shape index (κ1) is 28.0. The Labute approximate surface area is 249 Å². The first-order chi connectivity index (χ1) is 20.5. The van der Waals surface area contributed by atoms with E-state index in [-0.39, 0.29) is 53.1 Å². The number of aromatic nitrogens is 2. The molecule has 1 aromatic heterocycles. The second-order valence-electron chi connectivity index (χ2n) is 12.3. The van der Waals surface area contributed by atoms with E-state index < -0.39 is 45.7 Å². The van der Waals surface area contributed by atoms with E-state index in [4.69, 9.17) is 13.9 Å². The molecule has 0 radical (unpaired) electrons. The van der Waals surface area contributed by atoms with Crippen molar-refractivity contribution in [2.24, 2.45) is 29.8 Å². The molecular formula is C30H33N5O7S. The van der Waals surface area contributed by atoms with E-state index in [1.807, 2.05) is 13.0 Å². The molecule has 1 N–H and O–H groups in total. The molecule has 3 fully saturated rings. The molecule has 7 rings (SSSR count). The lowest BCUT2D eigenvalue weighted by molar-refractivity contribution is -0.138. The number of ether oxygens (including phenoxy) is 1.